The molecule has 0 atom stereocenters. The smallest absolute Gasteiger partial charge is 0.242 e. The van der Waals surface area contributed by atoms with E-state index in [1.807, 2.05) is 0 Å². The van der Waals surface area contributed by atoms with Gasteiger partial charge in [-0.05, 0) is 51.0 Å². The Morgan fingerprint density at radius 1 is 1.15 bits per heavy atom. The van der Waals surface area contributed by atoms with Crippen LogP contribution in [0.5, 0.6) is 0 Å². The van der Waals surface area contributed by atoms with E-state index >= 15 is 0 Å². The van der Waals surface area contributed by atoms with E-state index in [0.717, 1.165) is 0 Å². The first-order valence-electron chi connectivity index (χ1n) is 5.24. The molecule has 114 valence electrons. The van der Waals surface area contributed by atoms with Gasteiger partial charge in [0.15, 0.2) is 0 Å². The van der Waals surface area contributed by atoms with E-state index in [1.165, 1.54) is 19.2 Å². The highest BCUT2D eigenvalue weighted by Gasteiger charge is 2.22. The number of nitrogens with two attached hydrogens (primary N) is 1. The van der Waals surface area contributed by atoms with Crippen LogP contribution in [0.4, 0.5) is 5.69 Å². The number of hydrogen-bond acceptors (Lipinski definition) is 5. The summed E-state index contributed by atoms with van der Waals surface area (Å²) < 4.78 is 51.6. The number of sulfonamides is 2. The van der Waals surface area contributed by atoms with E-state index in [4.69, 9.17) is 5.73 Å². The number of halogens is 2. The maximum absolute atomic E-state index is 12.1. The Kier molecular flexibility index (Phi) is 5.99. The van der Waals surface area contributed by atoms with Gasteiger partial charge in [-0.3, -0.25) is 0 Å². The van der Waals surface area contributed by atoms with Gasteiger partial charge in [-0.2, -0.15) is 0 Å². The molecule has 0 fully saturated rings. The van der Waals surface area contributed by atoms with Gasteiger partial charge in [0.1, 0.15) is 4.90 Å². The summed E-state index contributed by atoms with van der Waals surface area (Å²) >= 11 is 6.24. The maximum Gasteiger partial charge on any atom is 0.242 e. The third-order valence-corrected chi connectivity index (χ3v) is 6.96. The Bertz CT molecular complexity index is 681. The molecule has 0 unspecified atom stereocenters. The summed E-state index contributed by atoms with van der Waals surface area (Å²) in [5.41, 5.74) is 5.97. The molecule has 0 amide bonds. The molecule has 0 radical (unpaired) electrons. The predicted octanol–water partition coefficient (Wildman–Crippen LogP) is 0.621. The highest BCUT2D eigenvalue weighted by atomic mass is 79.9. The van der Waals surface area contributed by atoms with Crippen molar-refractivity contribution < 1.29 is 16.8 Å². The number of rotatable bonds is 6. The largest absolute Gasteiger partial charge is 0.399 e. The molecular formula is C9H13Br2N3O4S2. The highest BCUT2D eigenvalue weighted by Crippen LogP contribution is 2.32. The van der Waals surface area contributed by atoms with Crippen molar-refractivity contribution in [1.82, 2.24) is 9.44 Å². The van der Waals surface area contributed by atoms with Crippen LogP contribution >= 0.6 is 31.9 Å². The summed E-state index contributed by atoms with van der Waals surface area (Å²) in [5.74, 6) is -0.354. The fourth-order valence-corrected chi connectivity index (χ4v) is 5.67. The number of nitrogen functional groups attached to an aromatic ring is 1. The van der Waals surface area contributed by atoms with Crippen molar-refractivity contribution in [2.24, 2.45) is 0 Å². The van der Waals surface area contributed by atoms with Crippen LogP contribution in [0.1, 0.15) is 0 Å². The minimum absolute atomic E-state index is 0.0337. The molecule has 1 rings (SSSR count). The predicted molar refractivity (Wildman–Crippen MR) is 84.3 cm³/mol. The van der Waals surface area contributed by atoms with Crippen LogP contribution in [-0.2, 0) is 20.0 Å². The van der Waals surface area contributed by atoms with Gasteiger partial charge in [0.05, 0.1) is 5.75 Å². The van der Waals surface area contributed by atoms with Crippen molar-refractivity contribution in [2.45, 2.75) is 4.90 Å². The summed E-state index contributed by atoms with van der Waals surface area (Å²) in [6, 6.07) is 2.90. The minimum Gasteiger partial charge on any atom is -0.399 e. The number of anilines is 1. The fraction of sp³-hybridized carbons (Fsp3) is 0.333. The van der Waals surface area contributed by atoms with Crippen molar-refractivity contribution in [2.75, 3.05) is 25.1 Å². The molecule has 11 heteroatoms. The second kappa shape index (κ2) is 6.71. The molecule has 0 heterocycles. The normalized spacial score (nSPS) is 12.6. The van der Waals surface area contributed by atoms with Gasteiger partial charge >= 0.3 is 0 Å². The molecular weight excluding hydrogens is 438 g/mol. The second-order valence-corrected chi connectivity index (χ2v) is 9.19. The van der Waals surface area contributed by atoms with Crippen molar-refractivity contribution in [1.29, 1.82) is 0 Å². The fourth-order valence-electron chi connectivity index (χ4n) is 1.32. The SMILES string of the molecule is CNS(=O)(=O)CCNS(=O)(=O)c1c(Br)cc(N)cc1Br. The molecule has 0 aliphatic heterocycles. The molecule has 1 aromatic rings. The lowest BCUT2D eigenvalue weighted by Crippen LogP contribution is -2.33. The Morgan fingerprint density at radius 2 is 1.65 bits per heavy atom. The van der Waals surface area contributed by atoms with Crippen LogP contribution in [0.2, 0.25) is 0 Å². The van der Waals surface area contributed by atoms with Crippen LogP contribution in [0.3, 0.4) is 0 Å². The van der Waals surface area contributed by atoms with E-state index < -0.39 is 20.0 Å². The van der Waals surface area contributed by atoms with Gasteiger partial charge in [-0.15, -0.1) is 0 Å². The summed E-state index contributed by atoms with van der Waals surface area (Å²) in [6.45, 7) is -0.241. The first-order valence-corrected chi connectivity index (χ1v) is 9.96. The lowest BCUT2D eigenvalue weighted by molar-refractivity contribution is 0.578. The van der Waals surface area contributed by atoms with E-state index in [1.54, 1.807) is 0 Å². The zero-order valence-corrected chi connectivity index (χ0v) is 15.2. The Hall–Kier alpha value is -0.200. The van der Waals surface area contributed by atoms with Crippen molar-refractivity contribution in [3.63, 3.8) is 0 Å². The van der Waals surface area contributed by atoms with Crippen LogP contribution < -0.4 is 15.2 Å². The van der Waals surface area contributed by atoms with Gasteiger partial charge in [-0.1, -0.05) is 0 Å². The summed E-state index contributed by atoms with van der Waals surface area (Å²) in [7, 11) is -6.07. The minimum atomic E-state index is -3.86. The quantitative estimate of drug-likeness (QED) is 0.549. The van der Waals surface area contributed by atoms with Gasteiger partial charge in [-0.25, -0.2) is 26.3 Å². The van der Waals surface area contributed by atoms with E-state index in [2.05, 4.69) is 41.3 Å². The van der Waals surface area contributed by atoms with Crippen LogP contribution in [0, 0.1) is 0 Å². The highest BCUT2D eigenvalue weighted by molar-refractivity contribution is 9.11. The average molecular weight is 451 g/mol. The first kappa shape index (κ1) is 17.9. The second-order valence-electron chi connectivity index (χ2n) is 3.73. The molecule has 0 saturated carbocycles. The molecule has 4 N–H and O–H groups in total. The zero-order chi connectivity index (χ0) is 15.6. The molecule has 0 aromatic heterocycles. The molecule has 0 aliphatic carbocycles. The van der Waals surface area contributed by atoms with Crippen LogP contribution in [-0.4, -0.2) is 36.2 Å². The monoisotopic (exact) mass is 449 g/mol. The molecule has 0 saturated heterocycles. The van der Waals surface area contributed by atoms with Crippen molar-refractivity contribution in [3.05, 3.63) is 21.1 Å². The number of nitrogens with one attached hydrogen (secondary N) is 2. The summed E-state index contributed by atoms with van der Waals surface area (Å²) in [6.07, 6.45) is 0. The van der Waals surface area contributed by atoms with E-state index in [9.17, 15) is 16.8 Å². The molecule has 1 aromatic carbocycles. The number of benzene rings is 1. The third-order valence-electron chi connectivity index (χ3n) is 2.26. The molecule has 0 spiro atoms. The molecule has 20 heavy (non-hydrogen) atoms. The zero-order valence-electron chi connectivity index (χ0n) is 10.4. The molecule has 0 bridgehead atoms. The number of hydrogen-bond donors (Lipinski definition) is 3. The lowest BCUT2D eigenvalue weighted by Gasteiger charge is -2.11. The van der Waals surface area contributed by atoms with Gasteiger partial charge in [0.25, 0.3) is 0 Å². The van der Waals surface area contributed by atoms with Gasteiger partial charge in [0, 0.05) is 21.2 Å². The van der Waals surface area contributed by atoms with Crippen molar-refractivity contribution in [3.8, 4) is 0 Å². The van der Waals surface area contributed by atoms with E-state index in [-0.39, 0.29) is 26.1 Å². The average Bonchev–Trinajstić information content (AvgIpc) is 2.26. The summed E-state index contributed by atoms with van der Waals surface area (Å²) in [5, 5.41) is 0. The Morgan fingerprint density at radius 3 is 2.10 bits per heavy atom. The molecule has 7 nitrogen and oxygen atoms in total. The van der Waals surface area contributed by atoms with E-state index in [0.29, 0.717) is 5.69 Å². The van der Waals surface area contributed by atoms with Crippen molar-refractivity contribution >= 4 is 57.6 Å². The van der Waals surface area contributed by atoms with Crippen LogP contribution in [0.15, 0.2) is 26.0 Å². The van der Waals surface area contributed by atoms with Crippen LogP contribution in [0.25, 0.3) is 0 Å². The Balaban J connectivity index is 2.96. The lowest BCUT2D eigenvalue weighted by atomic mass is 10.3. The third kappa shape index (κ3) is 4.67. The molecule has 0 aliphatic rings. The first-order chi connectivity index (χ1) is 9.09. The maximum atomic E-state index is 12.1. The Labute approximate surface area is 134 Å². The van der Waals surface area contributed by atoms with Gasteiger partial charge in [0.2, 0.25) is 20.0 Å². The summed E-state index contributed by atoms with van der Waals surface area (Å²) in [4.78, 5) is -0.0337. The standard InChI is InChI=1S/C9H13Br2N3O4S2/c1-13-19(15,16)3-2-14-20(17,18)9-7(10)4-6(12)5-8(9)11/h4-5,13-14H,2-3,12H2,1H3. The van der Waals surface area contributed by atoms with Gasteiger partial charge < -0.3 is 5.73 Å². The topological polar surface area (TPSA) is 118 Å².